The minimum atomic E-state index is -5.11. The van der Waals surface area contributed by atoms with E-state index in [9.17, 15) is 18.0 Å². The van der Waals surface area contributed by atoms with Gasteiger partial charge in [0.25, 0.3) is 0 Å². The molecule has 1 radical (unpaired) electrons. The van der Waals surface area contributed by atoms with E-state index < -0.39 is 17.9 Å². The normalized spacial score (nSPS) is 20.5. The molecule has 1 unspecified atom stereocenters. The van der Waals surface area contributed by atoms with Crippen molar-refractivity contribution >= 4 is 18.2 Å². The van der Waals surface area contributed by atoms with Crippen molar-refractivity contribution in [2.24, 2.45) is 9.98 Å². The Kier molecular flexibility index (Phi) is 6.25. The van der Waals surface area contributed by atoms with Crippen LogP contribution in [0.4, 0.5) is 13.2 Å². The molecule has 5 nitrogen and oxygen atoms in total. The van der Waals surface area contributed by atoms with Crippen LogP contribution in [0.1, 0.15) is 12.5 Å². The third-order valence-corrected chi connectivity index (χ3v) is 2.58. The largest absolute Gasteiger partial charge is 0.538 e. The monoisotopic (exact) mass is 388 g/mol. The van der Waals surface area contributed by atoms with E-state index in [1.54, 1.807) is 24.6 Å². The summed E-state index contributed by atoms with van der Waals surface area (Å²) >= 11 is 0. The Morgan fingerprint density at radius 2 is 2.00 bits per heavy atom. The van der Waals surface area contributed by atoms with E-state index in [1.165, 1.54) is 19.1 Å². The standard InChI is InChI=1S/C13H10F3N2O3.Y/c1-2-20-11(19)12(13(14,15)16)18-10(17-8-21-12)9-6-4-3-5-7-9;/h3-7H,2H2,1H3;/q-1;. The van der Waals surface area contributed by atoms with Crippen LogP contribution in [-0.4, -0.2) is 36.7 Å². The molecule has 0 N–H and O–H groups in total. The fourth-order valence-corrected chi connectivity index (χ4v) is 1.60. The van der Waals surface area contributed by atoms with Crippen molar-refractivity contribution in [2.45, 2.75) is 18.8 Å². The third kappa shape index (κ3) is 3.55. The quantitative estimate of drug-likeness (QED) is 0.589. The molecule has 2 rings (SSSR count). The summed E-state index contributed by atoms with van der Waals surface area (Å²) in [5.74, 6) is -1.97. The van der Waals surface area contributed by atoms with Crippen LogP contribution < -0.4 is 0 Å². The fraction of sp³-hybridized carbons (Fsp3) is 0.308. The first kappa shape index (κ1) is 18.8. The Morgan fingerprint density at radius 3 is 2.55 bits per heavy atom. The third-order valence-electron chi connectivity index (χ3n) is 2.58. The average Bonchev–Trinajstić information content (AvgIpc) is 2.47. The van der Waals surface area contributed by atoms with Crippen molar-refractivity contribution in [2.75, 3.05) is 6.61 Å². The van der Waals surface area contributed by atoms with E-state index in [1.807, 2.05) is 0 Å². The number of alkyl halides is 3. The molecule has 1 atom stereocenters. The molecule has 0 fully saturated rings. The molecule has 115 valence electrons. The number of hydrogen-bond acceptors (Lipinski definition) is 5. The zero-order valence-corrected chi connectivity index (χ0v) is 14.3. The van der Waals surface area contributed by atoms with E-state index >= 15 is 0 Å². The second-order valence-electron chi connectivity index (χ2n) is 3.97. The molecule has 1 aromatic carbocycles. The summed E-state index contributed by atoms with van der Waals surface area (Å²) in [7, 11) is 0. The van der Waals surface area contributed by atoms with Gasteiger partial charge in [-0.1, -0.05) is 35.9 Å². The zero-order chi connectivity index (χ0) is 15.5. The van der Waals surface area contributed by atoms with Crippen LogP contribution in [0, 0.1) is 0 Å². The van der Waals surface area contributed by atoms with Crippen LogP contribution in [0.5, 0.6) is 0 Å². The Hall–Kier alpha value is -1.28. The summed E-state index contributed by atoms with van der Waals surface area (Å²) in [6, 6.07) is 7.88. The number of rotatable bonds is 3. The molecule has 0 aliphatic carbocycles. The van der Waals surface area contributed by atoms with Crippen LogP contribution in [0.3, 0.4) is 0 Å². The van der Waals surface area contributed by atoms with Crippen LogP contribution in [0.25, 0.3) is 0 Å². The van der Waals surface area contributed by atoms with Gasteiger partial charge in [0, 0.05) is 44.9 Å². The number of ether oxygens (including phenoxy) is 2. The van der Waals surface area contributed by atoms with Gasteiger partial charge in [0.15, 0.2) is 0 Å². The van der Waals surface area contributed by atoms with Gasteiger partial charge in [-0.15, -0.1) is 0 Å². The van der Waals surface area contributed by atoms with Crippen LogP contribution in [0.15, 0.2) is 40.3 Å². The molecule has 0 amide bonds. The van der Waals surface area contributed by atoms with Crippen LogP contribution in [-0.2, 0) is 47.0 Å². The summed E-state index contributed by atoms with van der Waals surface area (Å²) in [4.78, 5) is 18.5. The molecule has 1 aliphatic rings. The maximum Gasteiger partial charge on any atom is 0.459 e. The topological polar surface area (TPSA) is 60.2 Å². The van der Waals surface area contributed by atoms with Crippen LogP contribution >= 0.6 is 0 Å². The maximum absolute atomic E-state index is 13.2. The van der Waals surface area contributed by atoms with Gasteiger partial charge >= 0.3 is 17.9 Å². The maximum atomic E-state index is 13.2. The number of benzene rings is 1. The summed E-state index contributed by atoms with van der Waals surface area (Å²) in [5, 5.41) is 0. The van der Waals surface area contributed by atoms with Crippen molar-refractivity contribution in [3.8, 4) is 0 Å². The number of amidine groups is 1. The fourth-order valence-electron chi connectivity index (χ4n) is 1.60. The first-order valence-corrected chi connectivity index (χ1v) is 5.93. The molecule has 1 heterocycles. The Morgan fingerprint density at radius 1 is 1.36 bits per heavy atom. The van der Waals surface area contributed by atoms with Crippen molar-refractivity contribution in [1.82, 2.24) is 0 Å². The summed E-state index contributed by atoms with van der Waals surface area (Å²) in [5.41, 5.74) is -3.18. The molecule has 0 aromatic heterocycles. The number of carbonyl (C=O) groups excluding carboxylic acids is 1. The molecule has 1 aromatic rings. The number of esters is 1. The molecule has 0 saturated heterocycles. The Balaban J connectivity index is 0.00000242. The summed E-state index contributed by atoms with van der Waals surface area (Å²) in [6.45, 7) is 1.14. The first-order chi connectivity index (χ1) is 9.90. The number of aliphatic imine (C=N–C) groups is 2. The van der Waals surface area contributed by atoms with E-state index in [4.69, 9.17) is 0 Å². The molecule has 0 saturated carbocycles. The minimum Gasteiger partial charge on any atom is -0.538 e. The Bertz CT molecular complexity index is 590. The molecule has 0 spiro atoms. The van der Waals surface area contributed by atoms with Gasteiger partial charge < -0.3 is 19.5 Å². The van der Waals surface area contributed by atoms with Gasteiger partial charge in [0.1, 0.15) is 0 Å². The summed E-state index contributed by atoms with van der Waals surface area (Å²) in [6.07, 6.45) is -3.37. The number of carbonyl (C=O) groups is 1. The predicted molar refractivity (Wildman–Crippen MR) is 66.9 cm³/mol. The van der Waals surface area contributed by atoms with Gasteiger partial charge in [-0.25, -0.2) is 4.79 Å². The van der Waals surface area contributed by atoms with E-state index in [0.717, 1.165) is 0 Å². The molecule has 22 heavy (non-hydrogen) atoms. The smallest absolute Gasteiger partial charge is 0.459 e. The second-order valence-corrected chi connectivity index (χ2v) is 3.97. The number of nitrogens with zero attached hydrogens (tertiary/aromatic N) is 2. The van der Waals surface area contributed by atoms with Crippen molar-refractivity contribution < 1.29 is 60.1 Å². The molecule has 9 heteroatoms. The van der Waals surface area contributed by atoms with E-state index in [-0.39, 0.29) is 45.2 Å². The number of hydrogen-bond donors (Lipinski definition) is 0. The van der Waals surface area contributed by atoms with Gasteiger partial charge in [-0.05, 0) is 6.92 Å². The average molecular weight is 388 g/mol. The summed E-state index contributed by atoms with van der Waals surface area (Å²) < 4.78 is 48.4. The molecular weight excluding hydrogens is 378 g/mol. The predicted octanol–water partition coefficient (Wildman–Crippen LogP) is 2.19. The Labute approximate surface area is 149 Å². The zero-order valence-electron chi connectivity index (χ0n) is 11.4. The van der Waals surface area contributed by atoms with Gasteiger partial charge in [-0.3, -0.25) is 0 Å². The molecular formula is C13H10F3N2O3Y-. The van der Waals surface area contributed by atoms with Crippen molar-refractivity contribution in [1.29, 1.82) is 0 Å². The SMILES string of the molecule is CCOC(=O)C1(C(F)(F)F)N=C(c2ccccc2)N=[C-]O1.[Y]. The van der Waals surface area contributed by atoms with Gasteiger partial charge in [-0.2, -0.15) is 13.2 Å². The second kappa shape index (κ2) is 7.33. The van der Waals surface area contributed by atoms with Crippen molar-refractivity contribution in [3.05, 3.63) is 35.9 Å². The molecule has 0 bridgehead atoms. The van der Waals surface area contributed by atoms with E-state index in [2.05, 4.69) is 19.5 Å². The number of halogens is 3. The minimum absolute atomic E-state index is 0. The van der Waals surface area contributed by atoms with E-state index in [0.29, 0.717) is 5.56 Å². The van der Waals surface area contributed by atoms with Gasteiger partial charge in [0.2, 0.25) is 0 Å². The first-order valence-electron chi connectivity index (χ1n) is 5.93. The van der Waals surface area contributed by atoms with Crippen LogP contribution in [0.2, 0.25) is 0 Å². The van der Waals surface area contributed by atoms with Gasteiger partial charge in [0.05, 0.1) is 6.61 Å². The van der Waals surface area contributed by atoms with Crippen molar-refractivity contribution in [3.63, 3.8) is 0 Å². The molecule has 1 aliphatic heterocycles.